The summed E-state index contributed by atoms with van der Waals surface area (Å²) >= 11 is 0. The number of amides is 2. The van der Waals surface area contributed by atoms with Gasteiger partial charge < -0.3 is 20.2 Å². The number of urea groups is 1. The predicted octanol–water partition coefficient (Wildman–Crippen LogP) is 6.45. The van der Waals surface area contributed by atoms with Gasteiger partial charge in [-0.1, -0.05) is 61.7 Å². The molecule has 2 aromatic rings. The fraction of sp³-hybridized carbons (Fsp3) is 0.600. The van der Waals surface area contributed by atoms with Gasteiger partial charge in [-0.15, -0.1) is 0 Å². The zero-order valence-corrected chi connectivity index (χ0v) is 26.2. The predicted molar refractivity (Wildman–Crippen MR) is 168 cm³/mol. The van der Waals surface area contributed by atoms with E-state index in [0.29, 0.717) is 18.0 Å². The van der Waals surface area contributed by atoms with E-state index in [9.17, 15) is 27.9 Å². The molecule has 0 bridgehead atoms. The molecule has 2 amide bonds. The van der Waals surface area contributed by atoms with Crippen LogP contribution >= 0.6 is 0 Å². The Labute approximate surface area is 264 Å². The third-order valence-electron chi connectivity index (χ3n) is 10.3. The minimum Gasteiger partial charge on any atom is -0.480 e. The lowest BCUT2D eigenvalue weighted by molar-refractivity contribution is -0.145. The zero-order chi connectivity index (χ0) is 32.0. The van der Waals surface area contributed by atoms with E-state index in [1.165, 1.54) is 24.1 Å². The molecule has 45 heavy (non-hydrogen) atoms. The lowest BCUT2D eigenvalue weighted by Gasteiger charge is -2.39. The molecule has 0 spiro atoms. The van der Waals surface area contributed by atoms with Gasteiger partial charge >= 0.3 is 18.2 Å². The summed E-state index contributed by atoms with van der Waals surface area (Å²) in [4.78, 5) is 32.2. The van der Waals surface area contributed by atoms with Crippen molar-refractivity contribution in [1.82, 2.24) is 20.0 Å². The van der Waals surface area contributed by atoms with Crippen molar-refractivity contribution in [1.29, 1.82) is 0 Å². The summed E-state index contributed by atoms with van der Waals surface area (Å²) in [6.45, 7) is 6.83. The maximum absolute atomic E-state index is 13.1. The van der Waals surface area contributed by atoms with E-state index in [1.807, 2.05) is 17.9 Å². The number of carbonyl (C=O) groups is 2. The number of likely N-dealkylation sites (tertiary alicyclic amines) is 2. The molecule has 3 atom stereocenters. The summed E-state index contributed by atoms with van der Waals surface area (Å²) in [6.07, 6.45) is 2.72. The molecule has 7 nitrogen and oxygen atoms in total. The van der Waals surface area contributed by atoms with E-state index < -0.39 is 23.8 Å². The van der Waals surface area contributed by atoms with E-state index in [2.05, 4.69) is 39.4 Å². The minimum absolute atomic E-state index is 0.0894. The highest BCUT2D eigenvalue weighted by Crippen LogP contribution is 2.38. The number of rotatable bonds is 10. The molecule has 1 aliphatic carbocycles. The number of alkyl halides is 3. The summed E-state index contributed by atoms with van der Waals surface area (Å²) in [5, 5.41) is 13.2. The number of carbonyl (C=O) groups excluding carboxylic acids is 1. The van der Waals surface area contributed by atoms with Crippen LogP contribution in [-0.4, -0.2) is 83.2 Å². The van der Waals surface area contributed by atoms with E-state index in [4.69, 9.17) is 0 Å². The molecule has 10 heteroatoms. The minimum atomic E-state index is -4.38. The Kier molecular flexibility index (Phi) is 11.1. The van der Waals surface area contributed by atoms with Crippen LogP contribution in [0, 0.1) is 11.8 Å². The standard InChI is InChI=1S/C35H47F3N4O3/c1-2-42(34(45)39-21-25-13-15-29(16-14-25)35(36,37)38)30-17-19-40(20-18-30)22-28-23-41(24-31(28)26-9-5-3-6-10-26)32(33(43)44)27-11-7-4-8-12-27/h3,5-6,9-10,13-16,27-28,30-32H,2,4,7-8,11-12,17-24H2,1H3,(H,39,45)(H,43,44). The number of benzene rings is 2. The lowest BCUT2D eigenvalue weighted by Crippen LogP contribution is -2.51. The smallest absolute Gasteiger partial charge is 0.416 e. The number of halogens is 3. The first-order valence-electron chi connectivity index (χ1n) is 16.6. The van der Waals surface area contributed by atoms with Crippen molar-refractivity contribution < 1.29 is 27.9 Å². The molecule has 0 radical (unpaired) electrons. The van der Waals surface area contributed by atoms with Crippen LogP contribution in [0.5, 0.6) is 0 Å². The monoisotopic (exact) mass is 628 g/mol. The highest BCUT2D eigenvalue weighted by molar-refractivity contribution is 5.74. The summed E-state index contributed by atoms with van der Waals surface area (Å²) in [6, 6.07) is 14.9. The fourth-order valence-electron chi connectivity index (χ4n) is 7.90. The summed E-state index contributed by atoms with van der Waals surface area (Å²) in [5.41, 5.74) is 1.19. The van der Waals surface area contributed by atoms with Gasteiger partial charge in [0.1, 0.15) is 6.04 Å². The maximum Gasteiger partial charge on any atom is 0.416 e. The molecule has 0 aromatic heterocycles. The zero-order valence-electron chi connectivity index (χ0n) is 26.2. The Balaban J connectivity index is 1.17. The Morgan fingerprint density at radius 2 is 1.62 bits per heavy atom. The Morgan fingerprint density at radius 1 is 0.956 bits per heavy atom. The molecule has 5 rings (SSSR count). The van der Waals surface area contributed by atoms with Gasteiger partial charge in [-0.25, -0.2) is 4.79 Å². The van der Waals surface area contributed by atoms with Gasteiger partial charge in [0.05, 0.1) is 5.56 Å². The van der Waals surface area contributed by atoms with Crippen LogP contribution in [0.4, 0.5) is 18.0 Å². The summed E-state index contributed by atoms with van der Waals surface area (Å²) in [5.74, 6) is 0.125. The molecule has 2 N–H and O–H groups in total. The third-order valence-corrected chi connectivity index (χ3v) is 10.3. The van der Waals surface area contributed by atoms with Crippen molar-refractivity contribution in [3.05, 3.63) is 71.3 Å². The van der Waals surface area contributed by atoms with Gasteiger partial charge in [0.2, 0.25) is 0 Å². The average molecular weight is 629 g/mol. The van der Waals surface area contributed by atoms with Gasteiger partial charge in [0.15, 0.2) is 0 Å². The highest BCUT2D eigenvalue weighted by Gasteiger charge is 2.43. The largest absolute Gasteiger partial charge is 0.480 e. The maximum atomic E-state index is 13.1. The fourth-order valence-corrected chi connectivity index (χ4v) is 7.90. The van der Waals surface area contributed by atoms with Crippen molar-refractivity contribution in [2.24, 2.45) is 11.8 Å². The number of aliphatic carboxylic acids is 1. The average Bonchev–Trinajstić information content (AvgIpc) is 3.44. The number of nitrogens with zero attached hydrogens (tertiary/aromatic N) is 3. The first-order chi connectivity index (χ1) is 21.6. The molecule has 3 aliphatic rings. The molecule has 3 fully saturated rings. The van der Waals surface area contributed by atoms with Crippen LogP contribution in [0.1, 0.15) is 74.5 Å². The number of piperidine rings is 1. The first kappa shape index (κ1) is 33.3. The van der Waals surface area contributed by atoms with Crippen LogP contribution in [0.25, 0.3) is 0 Å². The topological polar surface area (TPSA) is 76.1 Å². The van der Waals surface area contributed by atoms with Crippen LogP contribution in [0.15, 0.2) is 54.6 Å². The molecule has 2 aromatic carbocycles. The van der Waals surface area contributed by atoms with Crippen molar-refractivity contribution in [3.8, 4) is 0 Å². The van der Waals surface area contributed by atoms with Gasteiger partial charge in [-0.3, -0.25) is 9.69 Å². The van der Waals surface area contributed by atoms with Gasteiger partial charge in [0.25, 0.3) is 0 Å². The summed E-state index contributed by atoms with van der Waals surface area (Å²) < 4.78 is 38.6. The normalized spacial score (nSPS) is 23.1. The Bertz CT molecular complexity index is 1250. The number of nitrogens with one attached hydrogen (secondary N) is 1. The van der Waals surface area contributed by atoms with Crippen molar-refractivity contribution in [2.75, 3.05) is 39.3 Å². The summed E-state index contributed by atoms with van der Waals surface area (Å²) in [7, 11) is 0. The molecule has 1 saturated carbocycles. The molecule has 2 heterocycles. The van der Waals surface area contributed by atoms with Crippen LogP contribution in [0.2, 0.25) is 0 Å². The highest BCUT2D eigenvalue weighted by atomic mass is 19.4. The quantitative estimate of drug-likeness (QED) is 0.316. The van der Waals surface area contributed by atoms with E-state index in [-0.39, 0.29) is 30.5 Å². The Morgan fingerprint density at radius 3 is 2.22 bits per heavy atom. The second-order valence-corrected chi connectivity index (χ2v) is 13.1. The van der Waals surface area contributed by atoms with Crippen molar-refractivity contribution in [3.63, 3.8) is 0 Å². The molecular formula is C35H47F3N4O3. The SMILES string of the molecule is CCN(C(=O)NCc1ccc(C(F)(F)F)cc1)C1CCN(CC2CN(C(C(=O)O)C3CCCCC3)CC2c2ccccc2)CC1. The third kappa shape index (κ3) is 8.38. The first-order valence-corrected chi connectivity index (χ1v) is 16.6. The van der Waals surface area contributed by atoms with Gasteiger partial charge in [-0.2, -0.15) is 13.2 Å². The second kappa shape index (κ2) is 15.0. The molecule has 3 unspecified atom stereocenters. The number of hydrogen-bond acceptors (Lipinski definition) is 4. The van der Waals surface area contributed by atoms with Crippen molar-refractivity contribution >= 4 is 12.0 Å². The van der Waals surface area contributed by atoms with Gasteiger partial charge in [-0.05, 0) is 67.7 Å². The van der Waals surface area contributed by atoms with Crippen LogP contribution < -0.4 is 5.32 Å². The Hall–Kier alpha value is -3.11. The van der Waals surface area contributed by atoms with E-state index in [0.717, 1.165) is 83.4 Å². The van der Waals surface area contributed by atoms with Crippen LogP contribution in [0.3, 0.4) is 0 Å². The van der Waals surface area contributed by atoms with E-state index in [1.54, 1.807) is 0 Å². The molecule has 246 valence electrons. The van der Waals surface area contributed by atoms with Crippen molar-refractivity contribution in [2.45, 2.75) is 82.6 Å². The number of carboxylic acid groups (broad SMARTS) is 1. The molecule has 2 aliphatic heterocycles. The number of carboxylic acids is 1. The lowest BCUT2D eigenvalue weighted by atomic mass is 9.83. The molecular weight excluding hydrogens is 581 g/mol. The second-order valence-electron chi connectivity index (χ2n) is 13.1. The van der Waals surface area contributed by atoms with Crippen LogP contribution in [-0.2, 0) is 17.5 Å². The molecule has 2 saturated heterocycles. The number of hydrogen-bond donors (Lipinski definition) is 2. The van der Waals surface area contributed by atoms with Gasteiger partial charge in [0, 0.05) is 57.8 Å². The van der Waals surface area contributed by atoms with E-state index >= 15 is 0 Å².